The normalized spacial score (nSPS) is 12.1. The van der Waals surface area contributed by atoms with Crippen LogP contribution in [0.3, 0.4) is 0 Å². The van der Waals surface area contributed by atoms with Crippen molar-refractivity contribution < 1.29 is 9.90 Å². The first-order valence-electron chi connectivity index (χ1n) is 1.99. The van der Waals surface area contributed by atoms with Gasteiger partial charge in [0, 0.05) is 0 Å². The van der Waals surface area contributed by atoms with E-state index in [2.05, 4.69) is 4.99 Å². The quantitative estimate of drug-likeness (QED) is 0.202. The second-order valence-corrected chi connectivity index (χ2v) is 1.64. The van der Waals surface area contributed by atoms with Gasteiger partial charge in [0.05, 0.1) is 0 Å². The van der Waals surface area contributed by atoms with Crippen LogP contribution in [0.2, 0.25) is 0 Å². The van der Waals surface area contributed by atoms with Gasteiger partial charge in [-0.3, -0.25) is 0 Å². The van der Waals surface area contributed by atoms with Crippen LogP contribution in [-0.4, -0.2) is 22.5 Å². The molecule has 52 valence electrons. The number of alkyl halides is 1. The van der Waals surface area contributed by atoms with Gasteiger partial charge in [-0.2, -0.15) is 0 Å². The van der Waals surface area contributed by atoms with Gasteiger partial charge in [0.25, 0.3) is 0 Å². The van der Waals surface area contributed by atoms with Gasteiger partial charge in [-0.05, 0) is 0 Å². The van der Waals surface area contributed by atoms with Crippen LogP contribution in [0.25, 0.3) is 0 Å². The summed E-state index contributed by atoms with van der Waals surface area (Å²) in [7, 11) is 0. The van der Waals surface area contributed by atoms with E-state index in [1.807, 2.05) is 0 Å². The molecule has 0 aromatic rings. The first-order chi connectivity index (χ1) is 4.04. The third-order valence-electron chi connectivity index (χ3n) is 0.466. The van der Waals surface area contributed by atoms with E-state index in [1.165, 1.54) is 0 Å². The third-order valence-corrected chi connectivity index (χ3v) is 0.750. The number of rotatable bonds is 2. The van der Waals surface area contributed by atoms with Crippen molar-refractivity contribution in [2.45, 2.75) is 5.50 Å². The van der Waals surface area contributed by atoms with Crippen molar-refractivity contribution in [3.63, 3.8) is 0 Å². The van der Waals surface area contributed by atoms with E-state index >= 15 is 0 Å². The fourth-order valence-electron chi connectivity index (χ4n) is 0.186. The maximum Gasteiger partial charge on any atom is 0.344 e. The molecule has 9 heavy (non-hydrogen) atoms. The highest BCUT2D eigenvalue weighted by Crippen LogP contribution is 1.95. The van der Waals surface area contributed by atoms with Crippen molar-refractivity contribution in [1.82, 2.24) is 0 Å². The summed E-state index contributed by atoms with van der Waals surface area (Å²) in [5, 5.41) is 8.08. The molecule has 0 fully saturated rings. The molecule has 0 aromatic carbocycles. The molecular formula is C3H6ClN3O2. The van der Waals surface area contributed by atoms with E-state index in [0.717, 1.165) is 0 Å². The Bertz CT molecular complexity index is 142. The molecule has 0 aromatic heterocycles. The molecule has 0 amide bonds. The van der Waals surface area contributed by atoms with E-state index in [1.54, 1.807) is 0 Å². The van der Waals surface area contributed by atoms with Crippen molar-refractivity contribution in [1.29, 1.82) is 0 Å². The zero-order valence-electron chi connectivity index (χ0n) is 4.41. The number of nitrogens with two attached hydrogens (primary N) is 2. The number of carboxylic acid groups (broad SMARTS) is 1. The fraction of sp³-hybridized carbons (Fsp3) is 0.333. The summed E-state index contributed by atoms with van der Waals surface area (Å²) < 4.78 is 0. The second-order valence-electron chi connectivity index (χ2n) is 1.23. The molecule has 5 N–H and O–H groups in total. The predicted molar refractivity (Wildman–Crippen MR) is 33.1 cm³/mol. The second kappa shape index (κ2) is 3.13. The number of carboxylic acids is 1. The number of aliphatic imine (C=N–C) groups is 1. The van der Waals surface area contributed by atoms with Crippen molar-refractivity contribution in [2.24, 2.45) is 16.5 Å². The first kappa shape index (κ1) is 8.03. The molecule has 5 nitrogen and oxygen atoms in total. The molecule has 0 spiro atoms. The fourth-order valence-corrected chi connectivity index (χ4v) is 0.299. The lowest BCUT2D eigenvalue weighted by molar-refractivity contribution is -0.136. The number of carbonyl (C=O) groups is 1. The van der Waals surface area contributed by atoms with Gasteiger partial charge in [0.1, 0.15) is 0 Å². The Hall–Kier alpha value is -0.970. The molecule has 0 bridgehead atoms. The van der Waals surface area contributed by atoms with Gasteiger partial charge in [-0.1, -0.05) is 11.6 Å². The highest BCUT2D eigenvalue weighted by atomic mass is 35.5. The topological polar surface area (TPSA) is 102 Å². The Kier molecular flexibility index (Phi) is 2.80. The van der Waals surface area contributed by atoms with Crippen LogP contribution in [-0.2, 0) is 4.79 Å². The summed E-state index contributed by atoms with van der Waals surface area (Å²) in [5.74, 6) is -1.61. The summed E-state index contributed by atoms with van der Waals surface area (Å²) in [6.07, 6.45) is 0. The molecule has 0 heterocycles. The minimum absolute atomic E-state index is 0.336. The SMILES string of the molecule is NC(N)=NC(Cl)C(=O)O. The molecule has 1 atom stereocenters. The summed E-state index contributed by atoms with van der Waals surface area (Å²) in [4.78, 5) is 13.0. The lowest BCUT2D eigenvalue weighted by Crippen LogP contribution is -2.26. The predicted octanol–water partition coefficient (Wildman–Crippen LogP) is -1.09. The van der Waals surface area contributed by atoms with Gasteiger partial charge in [-0.25, -0.2) is 9.79 Å². The molecule has 0 aliphatic rings. The largest absolute Gasteiger partial charge is 0.479 e. The summed E-state index contributed by atoms with van der Waals surface area (Å²) in [6, 6.07) is 0. The minimum Gasteiger partial charge on any atom is -0.479 e. The van der Waals surface area contributed by atoms with Gasteiger partial charge in [0.2, 0.25) is 5.50 Å². The summed E-state index contributed by atoms with van der Waals surface area (Å²) >= 11 is 5.06. The van der Waals surface area contributed by atoms with Crippen LogP contribution in [0, 0.1) is 0 Å². The number of halogens is 1. The lowest BCUT2D eigenvalue weighted by atomic mass is 10.7. The molecule has 0 aliphatic carbocycles. The summed E-state index contributed by atoms with van der Waals surface area (Å²) in [6.45, 7) is 0. The van der Waals surface area contributed by atoms with Crippen LogP contribution in [0.1, 0.15) is 0 Å². The van der Waals surface area contributed by atoms with Gasteiger partial charge < -0.3 is 16.6 Å². The zero-order valence-corrected chi connectivity index (χ0v) is 5.17. The monoisotopic (exact) mass is 151 g/mol. The maximum atomic E-state index is 9.88. The molecule has 6 heteroatoms. The van der Waals surface area contributed by atoms with E-state index < -0.39 is 11.5 Å². The smallest absolute Gasteiger partial charge is 0.344 e. The van der Waals surface area contributed by atoms with Crippen molar-refractivity contribution in [3.8, 4) is 0 Å². The average molecular weight is 152 g/mol. The van der Waals surface area contributed by atoms with E-state index in [4.69, 9.17) is 28.2 Å². The molecule has 0 saturated carbocycles. The zero-order chi connectivity index (χ0) is 7.44. The number of hydrogen-bond donors (Lipinski definition) is 3. The van der Waals surface area contributed by atoms with E-state index in [-0.39, 0.29) is 5.96 Å². The Morgan fingerprint density at radius 1 is 1.67 bits per heavy atom. The number of aliphatic carboxylic acids is 1. The van der Waals surface area contributed by atoms with Gasteiger partial charge in [-0.15, -0.1) is 0 Å². The van der Waals surface area contributed by atoms with E-state index in [9.17, 15) is 4.79 Å². The average Bonchev–Trinajstić information content (AvgIpc) is 1.63. The Morgan fingerprint density at radius 2 is 2.11 bits per heavy atom. The van der Waals surface area contributed by atoms with Crippen LogP contribution in [0.15, 0.2) is 4.99 Å². The molecule has 0 radical (unpaired) electrons. The Morgan fingerprint density at radius 3 is 2.22 bits per heavy atom. The van der Waals surface area contributed by atoms with Crippen LogP contribution in [0.5, 0.6) is 0 Å². The number of nitrogens with zero attached hydrogens (tertiary/aromatic N) is 1. The Labute approximate surface area is 56.3 Å². The van der Waals surface area contributed by atoms with Crippen LogP contribution >= 0.6 is 11.6 Å². The highest BCUT2D eigenvalue weighted by molar-refractivity contribution is 6.29. The third kappa shape index (κ3) is 3.60. The number of guanidine groups is 1. The van der Waals surface area contributed by atoms with E-state index in [0.29, 0.717) is 0 Å². The molecule has 1 unspecified atom stereocenters. The van der Waals surface area contributed by atoms with Crippen molar-refractivity contribution in [2.75, 3.05) is 0 Å². The van der Waals surface area contributed by atoms with Gasteiger partial charge in [0.15, 0.2) is 5.96 Å². The van der Waals surface area contributed by atoms with Crippen LogP contribution < -0.4 is 11.5 Å². The lowest BCUT2D eigenvalue weighted by Gasteiger charge is -1.95. The molecule has 0 rings (SSSR count). The van der Waals surface area contributed by atoms with Gasteiger partial charge >= 0.3 is 5.97 Å². The molecule has 0 saturated heterocycles. The maximum absolute atomic E-state index is 9.88. The molecular weight excluding hydrogens is 146 g/mol. The summed E-state index contributed by atoms with van der Waals surface area (Å²) in [5.41, 5.74) is 8.24. The standard InChI is InChI=1S/C3H6ClN3O2/c4-1(2(8)9)7-3(5)6/h1H,(H,8,9)(H4,5,6,7). The van der Waals surface area contributed by atoms with Crippen molar-refractivity contribution >= 4 is 23.5 Å². The number of hydrogen-bond acceptors (Lipinski definition) is 2. The highest BCUT2D eigenvalue weighted by Gasteiger charge is 2.10. The molecule has 0 aliphatic heterocycles. The van der Waals surface area contributed by atoms with Crippen molar-refractivity contribution in [3.05, 3.63) is 0 Å². The van der Waals surface area contributed by atoms with Crippen LogP contribution in [0.4, 0.5) is 0 Å². The minimum atomic E-state index is -1.38. The Balaban J connectivity index is 3.91. The first-order valence-corrected chi connectivity index (χ1v) is 2.43.